The van der Waals surface area contributed by atoms with Crippen molar-refractivity contribution in [2.24, 2.45) is 0 Å². The average Bonchev–Trinajstić information content (AvgIpc) is 3.73. The molecule has 0 bridgehead atoms. The van der Waals surface area contributed by atoms with E-state index in [2.05, 4.69) is 163 Å². The van der Waals surface area contributed by atoms with Gasteiger partial charge in [-0.2, -0.15) is 0 Å². The molecule has 2 aromatic heterocycles. The van der Waals surface area contributed by atoms with Gasteiger partial charge in [0, 0.05) is 44.5 Å². The first-order valence-electron chi connectivity index (χ1n) is 16.6. The van der Waals surface area contributed by atoms with Gasteiger partial charge in [-0.15, -0.1) is 0 Å². The number of nitrogens with zero attached hydrogens (tertiary/aromatic N) is 1. The predicted octanol–water partition coefficient (Wildman–Crippen LogP) is 13.4. The molecular weight excluding hydrogens is 599 g/mol. The Morgan fingerprint density at radius 2 is 0.980 bits per heavy atom. The molecule has 0 spiro atoms. The van der Waals surface area contributed by atoms with Gasteiger partial charge in [-0.3, -0.25) is 0 Å². The lowest BCUT2D eigenvalue weighted by atomic mass is 9.92. The van der Waals surface area contributed by atoms with Crippen LogP contribution in [0.5, 0.6) is 0 Å². The van der Waals surface area contributed by atoms with Crippen LogP contribution in [0.15, 0.2) is 185 Å². The largest absolute Gasteiger partial charge is 0.456 e. The van der Waals surface area contributed by atoms with Crippen molar-refractivity contribution in [3.05, 3.63) is 176 Å². The van der Waals surface area contributed by atoms with E-state index in [9.17, 15) is 0 Å². The summed E-state index contributed by atoms with van der Waals surface area (Å²) in [5, 5.41) is 6.79. The quantitative estimate of drug-likeness (QED) is 0.190. The smallest absolute Gasteiger partial charge is 0.137 e. The molecule has 0 aliphatic carbocycles. The van der Waals surface area contributed by atoms with Gasteiger partial charge in [0.1, 0.15) is 22.3 Å². The van der Waals surface area contributed by atoms with Crippen LogP contribution in [0.25, 0.3) is 76.9 Å². The summed E-state index contributed by atoms with van der Waals surface area (Å²) >= 11 is 0. The number of rotatable bonds is 5. The van der Waals surface area contributed by atoms with E-state index in [-0.39, 0.29) is 0 Å². The van der Waals surface area contributed by atoms with Crippen molar-refractivity contribution >= 4 is 71.7 Å². The van der Waals surface area contributed by atoms with Gasteiger partial charge in [-0.1, -0.05) is 121 Å². The van der Waals surface area contributed by atoms with E-state index < -0.39 is 0 Å². The molecule has 10 rings (SSSR count). The van der Waals surface area contributed by atoms with Crippen molar-refractivity contribution in [2.45, 2.75) is 0 Å². The molecule has 3 nitrogen and oxygen atoms in total. The molecule has 0 N–H and O–H groups in total. The normalized spacial score (nSPS) is 11.7. The number of para-hydroxylation sites is 2. The van der Waals surface area contributed by atoms with Crippen LogP contribution in [0.2, 0.25) is 0 Å². The number of benzene rings is 8. The third-order valence-electron chi connectivity index (χ3n) is 9.67. The van der Waals surface area contributed by atoms with E-state index >= 15 is 0 Å². The molecule has 3 heteroatoms. The van der Waals surface area contributed by atoms with Crippen molar-refractivity contribution in [3.63, 3.8) is 0 Å². The van der Waals surface area contributed by atoms with E-state index in [1.54, 1.807) is 0 Å². The lowest BCUT2D eigenvalue weighted by Crippen LogP contribution is -2.11. The molecule has 0 fully saturated rings. The lowest BCUT2D eigenvalue weighted by molar-refractivity contribution is 0.668. The van der Waals surface area contributed by atoms with Crippen molar-refractivity contribution in [1.29, 1.82) is 0 Å². The standard InChI is InChI=1S/C46H29NO2/c1-2-11-30(12-3-1)31-21-23-33(24-22-31)47(34-25-26-37-36-16-6-8-19-41(36)49-44(37)29-34)40-27-28-43-46(39-17-7-9-20-42(39)48-43)45(40)38-18-10-14-32-13-4-5-15-35(32)38/h1-29H. The van der Waals surface area contributed by atoms with E-state index in [0.29, 0.717) is 0 Å². The molecule has 0 aliphatic rings. The van der Waals surface area contributed by atoms with E-state index in [0.717, 1.165) is 72.1 Å². The van der Waals surface area contributed by atoms with Crippen molar-refractivity contribution in [1.82, 2.24) is 0 Å². The Morgan fingerprint density at radius 3 is 1.82 bits per heavy atom. The molecule has 230 valence electrons. The van der Waals surface area contributed by atoms with E-state index in [1.807, 2.05) is 18.2 Å². The Balaban J connectivity index is 1.29. The maximum absolute atomic E-state index is 6.50. The SMILES string of the molecule is c1ccc(-c2ccc(N(c3ccc4c(c3)oc3ccccc34)c3ccc4oc5ccccc5c4c3-c3cccc4ccccc34)cc2)cc1. The molecule has 0 unspecified atom stereocenters. The van der Waals surface area contributed by atoms with Crippen LogP contribution in [0.1, 0.15) is 0 Å². The summed E-state index contributed by atoms with van der Waals surface area (Å²) in [7, 11) is 0. The fourth-order valence-electron chi connectivity index (χ4n) is 7.42. The molecule has 8 aromatic carbocycles. The zero-order chi connectivity index (χ0) is 32.3. The molecule has 0 radical (unpaired) electrons. The first-order chi connectivity index (χ1) is 24.3. The number of hydrogen-bond acceptors (Lipinski definition) is 3. The van der Waals surface area contributed by atoms with Crippen molar-refractivity contribution in [3.8, 4) is 22.3 Å². The maximum atomic E-state index is 6.50. The Morgan fingerprint density at radius 1 is 0.367 bits per heavy atom. The van der Waals surface area contributed by atoms with Gasteiger partial charge in [-0.05, 0) is 76.0 Å². The Bertz CT molecular complexity index is 2820. The van der Waals surface area contributed by atoms with Gasteiger partial charge in [-0.25, -0.2) is 0 Å². The second kappa shape index (κ2) is 11.0. The summed E-state index contributed by atoms with van der Waals surface area (Å²) in [5.41, 5.74) is 11.2. The van der Waals surface area contributed by atoms with E-state index in [4.69, 9.17) is 8.83 Å². The molecule has 0 atom stereocenters. The monoisotopic (exact) mass is 627 g/mol. The highest BCUT2D eigenvalue weighted by atomic mass is 16.3. The van der Waals surface area contributed by atoms with Gasteiger partial charge in [0.2, 0.25) is 0 Å². The fraction of sp³-hybridized carbons (Fsp3) is 0. The lowest BCUT2D eigenvalue weighted by Gasteiger charge is -2.29. The highest BCUT2D eigenvalue weighted by molar-refractivity contribution is 6.19. The Hall–Kier alpha value is -6.58. The minimum absolute atomic E-state index is 0.853. The number of furan rings is 2. The highest BCUT2D eigenvalue weighted by Crippen LogP contribution is 2.49. The third-order valence-corrected chi connectivity index (χ3v) is 9.67. The van der Waals surface area contributed by atoms with Crippen molar-refractivity contribution < 1.29 is 8.83 Å². The molecule has 0 saturated heterocycles. The minimum atomic E-state index is 0.853. The van der Waals surface area contributed by atoms with E-state index in [1.165, 1.54) is 21.9 Å². The van der Waals surface area contributed by atoms with Crippen LogP contribution in [-0.2, 0) is 0 Å². The fourth-order valence-corrected chi connectivity index (χ4v) is 7.42. The van der Waals surface area contributed by atoms with Crippen LogP contribution >= 0.6 is 0 Å². The molecule has 2 heterocycles. The zero-order valence-corrected chi connectivity index (χ0v) is 26.5. The van der Waals surface area contributed by atoms with Crippen LogP contribution in [-0.4, -0.2) is 0 Å². The summed E-state index contributed by atoms with van der Waals surface area (Å²) in [4.78, 5) is 2.36. The molecule has 49 heavy (non-hydrogen) atoms. The van der Waals surface area contributed by atoms with Gasteiger partial charge in [0.15, 0.2) is 0 Å². The summed E-state index contributed by atoms with van der Waals surface area (Å²) in [6.45, 7) is 0. The predicted molar refractivity (Wildman–Crippen MR) is 204 cm³/mol. The van der Waals surface area contributed by atoms with Gasteiger partial charge >= 0.3 is 0 Å². The van der Waals surface area contributed by atoms with Crippen LogP contribution in [0.3, 0.4) is 0 Å². The molecule has 10 aromatic rings. The maximum Gasteiger partial charge on any atom is 0.137 e. The number of anilines is 3. The summed E-state index contributed by atoms with van der Waals surface area (Å²) < 4.78 is 12.9. The third kappa shape index (κ3) is 4.44. The number of hydrogen-bond donors (Lipinski definition) is 0. The van der Waals surface area contributed by atoms with Crippen LogP contribution in [0, 0.1) is 0 Å². The first-order valence-corrected chi connectivity index (χ1v) is 16.6. The van der Waals surface area contributed by atoms with Crippen molar-refractivity contribution in [2.75, 3.05) is 4.90 Å². The summed E-state index contributed by atoms with van der Waals surface area (Å²) in [6, 6.07) is 62.0. The topological polar surface area (TPSA) is 29.5 Å². The average molecular weight is 628 g/mol. The zero-order valence-electron chi connectivity index (χ0n) is 26.5. The second-order valence-corrected chi connectivity index (χ2v) is 12.5. The molecular formula is C46H29NO2. The first kappa shape index (κ1) is 27.5. The Kier molecular flexibility index (Phi) is 6.18. The molecule has 0 aliphatic heterocycles. The Labute approximate surface area is 282 Å². The minimum Gasteiger partial charge on any atom is -0.456 e. The highest BCUT2D eigenvalue weighted by Gasteiger charge is 2.24. The second-order valence-electron chi connectivity index (χ2n) is 12.5. The number of fused-ring (bicyclic) bond motifs is 7. The molecule has 0 saturated carbocycles. The van der Waals surface area contributed by atoms with Gasteiger partial charge in [0.05, 0.1) is 5.69 Å². The summed E-state index contributed by atoms with van der Waals surface area (Å²) in [6.07, 6.45) is 0. The van der Waals surface area contributed by atoms with Crippen LogP contribution in [0.4, 0.5) is 17.1 Å². The summed E-state index contributed by atoms with van der Waals surface area (Å²) in [5.74, 6) is 0. The van der Waals surface area contributed by atoms with Crippen LogP contribution < -0.4 is 4.90 Å². The van der Waals surface area contributed by atoms with Gasteiger partial charge in [0.25, 0.3) is 0 Å². The van der Waals surface area contributed by atoms with Gasteiger partial charge < -0.3 is 13.7 Å². The molecule has 0 amide bonds.